The molecule has 1 amide bonds. The van der Waals surface area contributed by atoms with Gasteiger partial charge in [-0.1, -0.05) is 29.8 Å². The zero-order valence-electron chi connectivity index (χ0n) is 16.7. The Kier molecular flexibility index (Phi) is 5.66. The van der Waals surface area contributed by atoms with Gasteiger partial charge in [0.2, 0.25) is 12.7 Å². The third kappa shape index (κ3) is 4.53. The van der Waals surface area contributed by atoms with Crippen LogP contribution in [0.3, 0.4) is 0 Å². The molecule has 0 saturated heterocycles. The molecule has 0 saturated carbocycles. The van der Waals surface area contributed by atoms with Crippen molar-refractivity contribution in [3.63, 3.8) is 0 Å². The zero-order valence-corrected chi connectivity index (χ0v) is 18.2. The van der Waals surface area contributed by atoms with E-state index in [0.717, 1.165) is 11.1 Å². The van der Waals surface area contributed by atoms with Gasteiger partial charge in [-0.2, -0.15) is 0 Å². The van der Waals surface area contributed by atoms with E-state index in [9.17, 15) is 4.79 Å². The standard InChI is InChI=1S/C22H17ClN4O4S/c23-17-4-2-1-3-15(17)9-27-12-24-22(26-27)25-21(28)20-7-14(11-32-20)10-29-16-5-6-18-19(8-16)31-13-30-18/h1-8,11-12H,9-10,13H2,(H,25,26,28). The van der Waals surface area contributed by atoms with Crippen LogP contribution < -0.4 is 19.5 Å². The second-order valence-electron chi connectivity index (χ2n) is 6.93. The highest BCUT2D eigenvalue weighted by molar-refractivity contribution is 7.12. The number of ether oxygens (including phenoxy) is 3. The number of anilines is 1. The number of carbonyl (C=O) groups excluding carboxylic acids is 1. The third-order valence-corrected chi connectivity index (χ3v) is 6.03. The minimum Gasteiger partial charge on any atom is -0.489 e. The molecule has 1 N–H and O–H groups in total. The van der Waals surface area contributed by atoms with E-state index in [2.05, 4.69) is 15.4 Å². The first kappa shape index (κ1) is 20.3. The number of carbonyl (C=O) groups is 1. The molecule has 2 aromatic carbocycles. The van der Waals surface area contributed by atoms with Crippen molar-refractivity contribution in [1.82, 2.24) is 14.8 Å². The van der Waals surface area contributed by atoms with Crippen molar-refractivity contribution in [3.8, 4) is 17.2 Å². The lowest BCUT2D eigenvalue weighted by atomic mass is 10.2. The Balaban J connectivity index is 1.17. The Morgan fingerprint density at radius 2 is 2.06 bits per heavy atom. The first-order valence-corrected chi connectivity index (χ1v) is 10.9. The number of thiophene rings is 1. The number of nitrogens with zero attached hydrogens (tertiary/aromatic N) is 3. The molecule has 5 rings (SSSR count). The Hall–Kier alpha value is -3.56. The van der Waals surface area contributed by atoms with Gasteiger partial charge in [0.1, 0.15) is 18.7 Å². The van der Waals surface area contributed by atoms with E-state index in [-0.39, 0.29) is 18.6 Å². The van der Waals surface area contributed by atoms with Crippen LogP contribution in [0.2, 0.25) is 5.02 Å². The summed E-state index contributed by atoms with van der Waals surface area (Å²) in [7, 11) is 0. The van der Waals surface area contributed by atoms with E-state index in [4.69, 9.17) is 25.8 Å². The number of fused-ring (bicyclic) bond motifs is 1. The third-order valence-electron chi connectivity index (χ3n) is 4.68. The molecule has 0 radical (unpaired) electrons. The summed E-state index contributed by atoms with van der Waals surface area (Å²) < 4.78 is 18.1. The maximum atomic E-state index is 12.6. The van der Waals surface area contributed by atoms with Crippen LogP contribution in [-0.2, 0) is 13.2 Å². The van der Waals surface area contributed by atoms with Crippen LogP contribution in [0.4, 0.5) is 5.95 Å². The predicted molar refractivity (Wildman–Crippen MR) is 120 cm³/mol. The molecule has 32 heavy (non-hydrogen) atoms. The molecule has 0 spiro atoms. The number of nitrogens with one attached hydrogen (secondary N) is 1. The summed E-state index contributed by atoms with van der Waals surface area (Å²) in [6.07, 6.45) is 1.55. The quantitative estimate of drug-likeness (QED) is 0.426. The first-order valence-electron chi connectivity index (χ1n) is 9.68. The van der Waals surface area contributed by atoms with Gasteiger partial charge in [0.05, 0.1) is 11.4 Å². The summed E-state index contributed by atoms with van der Waals surface area (Å²) in [4.78, 5) is 17.3. The first-order chi connectivity index (χ1) is 15.6. The molecular formula is C22H17ClN4O4S. The summed E-state index contributed by atoms with van der Waals surface area (Å²) >= 11 is 7.51. The fraction of sp³-hybridized carbons (Fsp3) is 0.136. The molecule has 0 fully saturated rings. The van der Waals surface area contributed by atoms with Gasteiger partial charge in [0.15, 0.2) is 11.5 Å². The smallest absolute Gasteiger partial charge is 0.268 e. The van der Waals surface area contributed by atoms with Crippen molar-refractivity contribution in [1.29, 1.82) is 0 Å². The summed E-state index contributed by atoms with van der Waals surface area (Å²) in [5.74, 6) is 1.98. The lowest BCUT2D eigenvalue weighted by molar-refractivity contribution is 0.102. The van der Waals surface area contributed by atoms with Gasteiger partial charge in [-0.05, 0) is 35.2 Å². The summed E-state index contributed by atoms with van der Waals surface area (Å²) in [5, 5.41) is 9.55. The Morgan fingerprint density at radius 1 is 1.19 bits per heavy atom. The summed E-state index contributed by atoms with van der Waals surface area (Å²) in [5.41, 5.74) is 1.80. The molecule has 0 unspecified atom stereocenters. The second-order valence-corrected chi connectivity index (χ2v) is 8.25. The number of halogens is 1. The molecule has 0 atom stereocenters. The normalized spacial score (nSPS) is 12.0. The van der Waals surface area contributed by atoms with Gasteiger partial charge < -0.3 is 14.2 Å². The molecule has 0 bridgehead atoms. The highest BCUT2D eigenvalue weighted by Gasteiger charge is 2.15. The Labute approximate surface area is 192 Å². The van der Waals surface area contributed by atoms with Crippen molar-refractivity contribution in [2.24, 2.45) is 0 Å². The summed E-state index contributed by atoms with van der Waals surface area (Å²) in [6, 6.07) is 14.7. The van der Waals surface area contributed by atoms with Crippen LogP contribution in [0, 0.1) is 0 Å². The molecule has 1 aliphatic rings. The van der Waals surface area contributed by atoms with Gasteiger partial charge in [0.25, 0.3) is 5.91 Å². The number of aromatic nitrogens is 3. The van der Waals surface area contributed by atoms with Crippen LogP contribution in [0.1, 0.15) is 20.8 Å². The van der Waals surface area contributed by atoms with Gasteiger partial charge in [-0.25, -0.2) is 9.67 Å². The fourth-order valence-electron chi connectivity index (χ4n) is 3.10. The lowest BCUT2D eigenvalue weighted by Crippen LogP contribution is -2.12. The summed E-state index contributed by atoms with van der Waals surface area (Å²) in [6.45, 7) is 1.01. The average Bonchev–Trinajstić information content (AvgIpc) is 3.54. The van der Waals surface area contributed by atoms with Crippen LogP contribution in [0.5, 0.6) is 17.2 Å². The van der Waals surface area contributed by atoms with Crippen molar-refractivity contribution in [3.05, 3.63) is 81.3 Å². The molecule has 0 aliphatic carbocycles. The lowest BCUT2D eigenvalue weighted by Gasteiger charge is -2.05. The van der Waals surface area contributed by atoms with Crippen LogP contribution in [-0.4, -0.2) is 27.5 Å². The number of hydrogen-bond donors (Lipinski definition) is 1. The molecule has 1 aliphatic heterocycles. The zero-order chi connectivity index (χ0) is 21.9. The minimum atomic E-state index is -0.278. The molecule has 3 heterocycles. The largest absolute Gasteiger partial charge is 0.489 e. The molecule has 162 valence electrons. The van der Waals surface area contributed by atoms with Crippen LogP contribution in [0.25, 0.3) is 0 Å². The highest BCUT2D eigenvalue weighted by Crippen LogP contribution is 2.35. The molecular weight excluding hydrogens is 452 g/mol. The monoisotopic (exact) mass is 468 g/mol. The second kappa shape index (κ2) is 8.89. The number of hydrogen-bond acceptors (Lipinski definition) is 7. The molecule has 10 heteroatoms. The Bertz CT molecular complexity index is 1270. The topological polar surface area (TPSA) is 87.5 Å². The maximum absolute atomic E-state index is 12.6. The molecule has 8 nitrogen and oxygen atoms in total. The van der Waals surface area contributed by atoms with Crippen LogP contribution >= 0.6 is 22.9 Å². The number of rotatable bonds is 7. The Morgan fingerprint density at radius 3 is 2.97 bits per heavy atom. The average molecular weight is 469 g/mol. The van der Waals surface area contributed by atoms with Crippen molar-refractivity contribution in [2.75, 3.05) is 12.1 Å². The maximum Gasteiger partial charge on any atom is 0.268 e. The number of amides is 1. The van der Waals surface area contributed by atoms with E-state index in [1.54, 1.807) is 23.1 Å². The van der Waals surface area contributed by atoms with Gasteiger partial charge in [0, 0.05) is 16.7 Å². The van der Waals surface area contributed by atoms with E-state index in [0.29, 0.717) is 40.3 Å². The van der Waals surface area contributed by atoms with E-state index >= 15 is 0 Å². The molecule has 2 aromatic heterocycles. The minimum absolute atomic E-state index is 0.217. The molecule has 4 aromatic rings. The van der Waals surface area contributed by atoms with Gasteiger partial charge in [-0.15, -0.1) is 16.4 Å². The van der Waals surface area contributed by atoms with Crippen molar-refractivity contribution < 1.29 is 19.0 Å². The van der Waals surface area contributed by atoms with Gasteiger partial charge in [-0.3, -0.25) is 10.1 Å². The van der Waals surface area contributed by atoms with Crippen molar-refractivity contribution in [2.45, 2.75) is 13.2 Å². The van der Waals surface area contributed by atoms with E-state index in [1.807, 2.05) is 41.8 Å². The number of benzene rings is 2. The van der Waals surface area contributed by atoms with Gasteiger partial charge >= 0.3 is 0 Å². The van der Waals surface area contributed by atoms with E-state index < -0.39 is 0 Å². The van der Waals surface area contributed by atoms with Crippen LogP contribution in [0.15, 0.2) is 60.2 Å². The SMILES string of the molecule is O=C(Nc1ncn(Cc2ccccc2Cl)n1)c1cc(COc2ccc3c(c2)OCO3)cs1. The van der Waals surface area contributed by atoms with E-state index in [1.165, 1.54) is 11.3 Å². The highest BCUT2D eigenvalue weighted by atomic mass is 35.5. The van der Waals surface area contributed by atoms with Crippen molar-refractivity contribution >= 4 is 34.8 Å². The fourth-order valence-corrected chi connectivity index (χ4v) is 4.08. The predicted octanol–water partition coefficient (Wildman–Crippen LogP) is 4.60.